The van der Waals surface area contributed by atoms with Crippen LogP contribution in [-0.2, 0) is 19.5 Å². The topological polar surface area (TPSA) is 129 Å². The smallest absolute Gasteiger partial charge is 0.353 e. The molecule has 0 saturated heterocycles. The molecule has 0 saturated carbocycles. The molecule has 10 heteroatoms. The Morgan fingerprint density at radius 1 is 1.06 bits per heavy atom. The van der Waals surface area contributed by atoms with Gasteiger partial charge in [0, 0.05) is 23.1 Å². The Kier molecular flexibility index (Phi) is 4.42. The number of anilines is 2. The summed E-state index contributed by atoms with van der Waals surface area (Å²) >= 11 is 0. The van der Waals surface area contributed by atoms with Crippen LogP contribution in [0.3, 0.4) is 0 Å². The molecule has 0 radical (unpaired) electrons. The van der Waals surface area contributed by atoms with Crippen molar-refractivity contribution in [3.63, 3.8) is 0 Å². The maximum atomic E-state index is 12.1. The lowest BCUT2D eigenvalue weighted by atomic mass is 10.0. The summed E-state index contributed by atoms with van der Waals surface area (Å²) in [5, 5.41) is 16.3. The molecule has 0 aliphatic carbocycles. The molecule has 0 bridgehead atoms. The summed E-state index contributed by atoms with van der Waals surface area (Å²) < 4.78 is 0. The van der Waals surface area contributed by atoms with E-state index in [1.165, 1.54) is 17.3 Å². The van der Waals surface area contributed by atoms with E-state index in [0.29, 0.717) is 24.7 Å². The van der Waals surface area contributed by atoms with E-state index in [2.05, 4.69) is 36.3 Å². The summed E-state index contributed by atoms with van der Waals surface area (Å²) in [5.41, 5.74) is 5.03. The van der Waals surface area contributed by atoms with Crippen LogP contribution in [-0.4, -0.2) is 36.4 Å². The maximum Gasteiger partial charge on any atom is 0.353 e. The molecule has 0 fully saturated rings. The van der Waals surface area contributed by atoms with Crippen molar-refractivity contribution in [3.05, 3.63) is 82.1 Å². The van der Waals surface area contributed by atoms with E-state index in [-0.39, 0.29) is 18.1 Å². The van der Waals surface area contributed by atoms with Crippen LogP contribution in [0.5, 0.6) is 0 Å². The summed E-state index contributed by atoms with van der Waals surface area (Å²) in [6.07, 6.45) is 2.15. The second-order valence-corrected chi connectivity index (χ2v) is 8.01. The molecule has 10 nitrogen and oxygen atoms in total. The average molecular weight is 440 g/mol. The molecule has 4 heterocycles. The summed E-state index contributed by atoms with van der Waals surface area (Å²) in [6.45, 7) is 1.43. The Morgan fingerprint density at radius 2 is 1.88 bits per heavy atom. The zero-order valence-electron chi connectivity index (χ0n) is 17.6. The van der Waals surface area contributed by atoms with Crippen molar-refractivity contribution in [2.75, 3.05) is 16.8 Å². The molecule has 0 atom stereocenters. The third kappa shape index (κ3) is 3.32. The first-order valence-electron chi connectivity index (χ1n) is 10.7. The van der Waals surface area contributed by atoms with Gasteiger partial charge in [0.25, 0.3) is 0 Å². The van der Waals surface area contributed by atoms with Gasteiger partial charge in [0.15, 0.2) is 0 Å². The van der Waals surface area contributed by atoms with Gasteiger partial charge in [-0.3, -0.25) is 10.1 Å². The van der Waals surface area contributed by atoms with Gasteiger partial charge in [0.05, 0.1) is 29.0 Å². The Balaban J connectivity index is 1.30. The Hall–Kier alpha value is -4.47. The fourth-order valence-electron chi connectivity index (χ4n) is 4.53. The van der Waals surface area contributed by atoms with E-state index < -0.39 is 4.92 Å². The number of rotatable bonds is 5. The fraction of sp³-hybridized carbons (Fsp3) is 0.174. The van der Waals surface area contributed by atoms with Crippen molar-refractivity contribution in [1.29, 1.82) is 0 Å². The van der Waals surface area contributed by atoms with Crippen LogP contribution in [0.15, 0.2) is 54.9 Å². The number of benzene rings is 2. The SMILES string of the molecule is O=[N+]([O-])c1c(NCc2nc3ccccc3[nH]2)ncnc1N1CCc2c([nH]c3ccccc23)C1. The predicted molar refractivity (Wildman–Crippen MR) is 125 cm³/mol. The van der Waals surface area contributed by atoms with Crippen LogP contribution >= 0.6 is 0 Å². The van der Waals surface area contributed by atoms with E-state index >= 15 is 0 Å². The average Bonchev–Trinajstić information content (AvgIpc) is 3.42. The number of hydrogen-bond donors (Lipinski definition) is 3. The molecule has 1 aliphatic rings. The molecule has 6 rings (SSSR count). The van der Waals surface area contributed by atoms with Crippen LogP contribution in [0.1, 0.15) is 17.1 Å². The number of nitrogens with one attached hydrogen (secondary N) is 3. The minimum Gasteiger partial charge on any atom is -0.357 e. The van der Waals surface area contributed by atoms with Crippen LogP contribution in [0, 0.1) is 10.1 Å². The van der Waals surface area contributed by atoms with Gasteiger partial charge in [-0.25, -0.2) is 15.0 Å². The highest BCUT2D eigenvalue weighted by atomic mass is 16.6. The Bertz CT molecular complexity index is 1470. The molecular formula is C23H20N8O2. The molecule has 0 amide bonds. The van der Waals surface area contributed by atoms with Gasteiger partial charge in [0.1, 0.15) is 12.2 Å². The van der Waals surface area contributed by atoms with Crippen molar-refractivity contribution in [2.45, 2.75) is 19.5 Å². The first-order valence-corrected chi connectivity index (χ1v) is 10.7. The number of H-pyrrole nitrogens is 2. The second kappa shape index (κ2) is 7.59. The Morgan fingerprint density at radius 3 is 2.73 bits per heavy atom. The van der Waals surface area contributed by atoms with Gasteiger partial charge in [0.2, 0.25) is 11.6 Å². The minimum absolute atomic E-state index is 0.131. The van der Waals surface area contributed by atoms with Gasteiger partial charge < -0.3 is 20.2 Å². The number of fused-ring (bicyclic) bond motifs is 4. The fourth-order valence-corrected chi connectivity index (χ4v) is 4.53. The van der Waals surface area contributed by atoms with Crippen LogP contribution in [0.25, 0.3) is 21.9 Å². The summed E-state index contributed by atoms with van der Waals surface area (Å²) in [4.78, 5) is 33.2. The minimum atomic E-state index is -0.420. The molecule has 3 N–H and O–H groups in total. The summed E-state index contributed by atoms with van der Waals surface area (Å²) in [5.74, 6) is 1.16. The van der Waals surface area contributed by atoms with Gasteiger partial charge in [-0.15, -0.1) is 0 Å². The molecular weight excluding hydrogens is 420 g/mol. The number of aromatic nitrogens is 5. The molecule has 0 spiro atoms. The Labute approximate surface area is 187 Å². The van der Waals surface area contributed by atoms with E-state index in [4.69, 9.17) is 0 Å². The number of aromatic amines is 2. The largest absolute Gasteiger partial charge is 0.357 e. The third-order valence-corrected chi connectivity index (χ3v) is 6.03. The van der Waals surface area contributed by atoms with Crippen molar-refractivity contribution in [3.8, 4) is 0 Å². The number of hydrogen-bond acceptors (Lipinski definition) is 7. The maximum absolute atomic E-state index is 12.1. The zero-order valence-corrected chi connectivity index (χ0v) is 17.6. The zero-order chi connectivity index (χ0) is 22.4. The highest BCUT2D eigenvalue weighted by Crippen LogP contribution is 2.36. The molecule has 3 aromatic heterocycles. The van der Waals surface area contributed by atoms with Crippen LogP contribution in [0.4, 0.5) is 17.3 Å². The highest BCUT2D eigenvalue weighted by Gasteiger charge is 2.30. The van der Waals surface area contributed by atoms with E-state index in [1.807, 2.05) is 47.4 Å². The van der Waals surface area contributed by atoms with Gasteiger partial charge in [-0.1, -0.05) is 30.3 Å². The van der Waals surface area contributed by atoms with E-state index in [0.717, 1.165) is 28.7 Å². The monoisotopic (exact) mass is 440 g/mol. The van der Waals surface area contributed by atoms with Crippen LogP contribution in [0.2, 0.25) is 0 Å². The number of imidazole rings is 1. The summed E-state index contributed by atoms with van der Waals surface area (Å²) in [7, 11) is 0. The molecule has 2 aromatic carbocycles. The highest BCUT2D eigenvalue weighted by molar-refractivity contribution is 5.85. The number of nitro groups is 1. The summed E-state index contributed by atoms with van der Waals surface area (Å²) in [6, 6.07) is 15.9. The van der Waals surface area contributed by atoms with Crippen LogP contribution < -0.4 is 10.2 Å². The lowest BCUT2D eigenvalue weighted by molar-refractivity contribution is -0.383. The standard InChI is InChI=1S/C23H20N8O2/c32-31(33)21-22(24-11-20-28-17-7-3-4-8-18(17)29-20)25-13-26-23(21)30-10-9-15-14-5-1-2-6-16(14)27-19(15)12-30/h1-8,13,27H,9-12H2,(H,28,29)(H,24,25,26). The molecule has 0 unspecified atom stereocenters. The molecule has 1 aliphatic heterocycles. The third-order valence-electron chi connectivity index (χ3n) is 6.03. The molecule has 164 valence electrons. The number of nitrogens with zero attached hydrogens (tertiary/aromatic N) is 5. The van der Waals surface area contributed by atoms with E-state index in [1.54, 1.807) is 0 Å². The quantitative estimate of drug-likeness (QED) is 0.279. The van der Waals surface area contributed by atoms with Gasteiger partial charge >= 0.3 is 5.69 Å². The van der Waals surface area contributed by atoms with Gasteiger partial charge in [-0.2, -0.15) is 0 Å². The first-order chi connectivity index (χ1) is 16.2. The van der Waals surface area contributed by atoms with Crippen molar-refractivity contribution in [1.82, 2.24) is 24.9 Å². The molecule has 5 aromatic rings. The van der Waals surface area contributed by atoms with Crippen molar-refractivity contribution >= 4 is 39.3 Å². The first kappa shape index (κ1) is 19.2. The second-order valence-electron chi connectivity index (χ2n) is 8.01. The van der Waals surface area contributed by atoms with E-state index in [9.17, 15) is 10.1 Å². The lowest BCUT2D eigenvalue weighted by Gasteiger charge is -2.27. The van der Waals surface area contributed by atoms with Crippen molar-refractivity contribution < 1.29 is 4.92 Å². The molecule has 33 heavy (non-hydrogen) atoms. The van der Waals surface area contributed by atoms with Gasteiger partial charge in [-0.05, 0) is 30.2 Å². The predicted octanol–water partition coefficient (Wildman–Crippen LogP) is 3.92. The lowest BCUT2D eigenvalue weighted by Crippen LogP contribution is -2.31. The normalized spacial score (nSPS) is 13.4. The van der Waals surface area contributed by atoms with Crippen molar-refractivity contribution in [2.24, 2.45) is 0 Å². The number of para-hydroxylation sites is 3.